The molecule has 0 aliphatic heterocycles. The van der Waals surface area contributed by atoms with Gasteiger partial charge in [0.25, 0.3) is 0 Å². The van der Waals surface area contributed by atoms with Crippen molar-refractivity contribution in [3.8, 4) is 22.3 Å². The summed E-state index contributed by atoms with van der Waals surface area (Å²) in [4.78, 5) is 7.68. The van der Waals surface area contributed by atoms with Crippen LogP contribution in [0, 0.1) is 13.8 Å². The Morgan fingerprint density at radius 3 is 2.81 bits per heavy atom. The normalized spacial score (nSPS) is 11.3. The fourth-order valence-electron chi connectivity index (χ4n) is 2.69. The molecule has 4 heterocycles. The van der Waals surface area contributed by atoms with Crippen molar-refractivity contribution in [1.82, 2.24) is 15.1 Å². The molecule has 0 unspecified atom stereocenters. The Morgan fingerprint density at radius 2 is 2.10 bits per heavy atom. The minimum atomic E-state index is 0.800. The predicted molar refractivity (Wildman–Crippen MR) is 78.8 cm³/mol. The van der Waals surface area contributed by atoms with Crippen molar-refractivity contribution in [2.45, 2.75) is 13.8 Å². The topological polar surface area (TPSA) is 67.8 Å². The number of aromatic amines is 1. The highest BCUT2D eigenvalue weighted by Crippen LogP contribution is 2.33. The first-order valence-electron chi connectivity index (χ1n) is 6.67. The van der Waals surface area contributed by atoms with Gasteiger partial charge in [-0.3, -0.25) is 0 Å². The number of aromatic nitrogens is 3. The van der Waals surface area contributed by atoms with Gasteiger partial charge in [-0.25, -0.2) is 4.98 Å². The lowest BCUT2D eigenvalue weighted by molar-refractivity contribution is 0.393. The first-order chi connectivity index (χ1) is 10.2. The molecular weight excluding hydrogens is 266 g/mol. The number of pyridine rings is 1. The van der Waals surface area contributed by atoms with Crippen LogP contribution in [0.5, 0.6) is 0 Å². The van der Waals surface area contributed by atoms with Gasteiger partial charge in [0.05, 0.1) is 18.2 Å². The lowest BCUT2D eigenvalue weighted by Gasteiger charge is -2.01. The molecule has 0 bridgehead atoms. The first kappa shape index (κ1) is 12.0. The summed E-state index contributed by atoms with van der Waals surface area (Å²) in [6.07, 6.45) is 7.18. The summed E-state index contributed by atoms with van der Waals surface area (Å²) in [5, 5.41) is 5.06. The lowest BCUT2D eigenvalue weighted by Crippen LogP contribution is -1.85. The van der Waals surface area contributed by atoms with Crippen LogP contribution in [0.3, 0.4) is 0 Å². The highest BCUT2D eigenvalue weighted by atomic mass is 16.5. The molecule has 5 nitrogen and oxygen atoms in total. The zero-order chi connectivity index (χ0) is 14.4. The van der Waals surface area contributed by atoms with Gasteiger partial charge in [-0.05, 0) is 26.0 Å². The van der Waals surface area contributed by atoms with Crippen molar-refractivity contribution in [1.29, 1.82) is 0 Å². The van der Waals surface area contributed by atoms with Crippen LogP contribution in [0.25, 0.3) is 33.3 Å². The third-order valence-electron chi connectivity index (χ3n) is 3.69. The monoisotopic (exact) mass is 279 g/mol. The van der Waals surface area contributed by atoms with E-state index in [0.717, 1.165) is 44.7 Å². The van der Waals surface area contributed by atoms with Gasteiger partial charge in [-0.15, -0.1) is 0 Å². The Balaban J connectivity index is 1.96. The van der Waals surface area contributed by atoms with Crippen LogP contribution in [-0.2, 0) is 0 Å². The van der Waals surface area contributed by atoms with Crippen LogP contribution in [-0.4, -0.2) is 15.1 Å². The van der Waals surface area contributed by atoms with E-state index in [4.69, 9.17) is 8.94 Å². The third-order valence-corrected chi connectivity index (χ3v) is 3.69. The maximum absolute atomic E-state index is 5.25. The van der Waals surface area contributed by atoms with E-state index in [9.17, 15) is 0 Å². The van der Waals surface area contributed by atoms with E-state index >= 15 is 0 Å². The van der Waals surface area contributed by atoms with Crippen molar-refractivity contribution >= 4 is 11.0 Å². The number of aryl methyl sites for hydroxylation is 2. The summed E-state index contributed by atoms with van der Waals surface area (Å²) in [6.45, 7) is 3.85. The number of rotatable bonds is 2. The van der Waals surface area contributed by atoms with Crippen LogP contribution >= 0.6 is 0 Å². The maximum atomic E-state index is 5.25. The number of nitrogens with zero attached hydrogens (tertiary/aromatic N) is 2. The van der Waals surface area contributed by atoms with Crippen LogP contribution in [0.4, 0.5) is 0 Å². The van der Waals surface area contributed by atoms with Crippen LogP contribution < -0.4 is 0 Å². The standard InChI is InChI=1S/C16H13N3O2/c1-9-15(10(2)21-19-9)12-5-13-14(11-3-4-20-8-11)7-18-16(13)17-6-12/h3-8H,1-2H3,(H,17,18). The molecule has 0 radical (unpaired) electrons. The lowest BCUT2D eigenvalue weighted by atomic mass is 10.0. The maximum Gasteiger partial charge on any atom is 0.141 e. The van der Waals surface area contributed by atoms with Crippen molar-refractivity contribution < 1.29 is 8.94 Å². The number of H-pyrrole nitrogens is 1. The molecule has 21 heavy (non-hydrogen) atoms. The summed E-state index contributed by atoms with van der Waals surface area (Å²) >= 11 is 0. The highest BCUT2D eigenvalue weighted by Gasteiger charge is 2.14. The van der Waals surface area contributed by atoms with E-state index in [1.165, 1.54) is 0 Å². The van der Waals surface area contributed by atoms with Gasteiger partial charge < -0.3 is 13.9 Å². The zero-order valence-corrected chi connectivity index (χ0v) is 11.7. The highest BCUT2D eigenvalue weighted by molar-refractivity contribution is 5.95. The SMILES string of the molecule is Cc1noc(C)c1-c1cnc2[nH]cc(-c3ccoc3)c2c1. The second-order valence-corrected chi connectivity index (χ2v) is 5.03. The van der Waals surface area contributed by atoms with Crippen molar-refractivity contribution in [2.24, 2.45) is 0 Å². The summed E-state index contributed by atoms with van der Waals surface area (Å²) in [5.74, 6) is 0.800. The van der Waals surface area contributed by atoms with E-state index in [1.807, 2.05) is 32.3 Å². The molecule has 5 heteroatoms. The van der Waals surface area contributed by atoms with Crippen molar-refractivity contribution in [3.63, 3.8) is 0 Å². The molecular formula is C16H13N3O2. The Kier molecular flexibility index (Phi) is 2.47. The van der Waals surface area contributed by atoms with E-state index in [0.29, 0.717) is 0 Å². The number of hydrogen-bond donors (Lipinski definition) is 1. The van der Waals surface area contributed by atoms with Crippen molar-refractivity contribution in [3.05, 3.63) is 48.5 Å². The molecule has 0 aliphatic rings. The second kappa shape index (κ2) is 4.34. The predicted octanol–water partition coefficient (Wildman–Crippen LogP) is 4.09. The van der Waals surface area contributed by atoms with Gasteiger partial charge in [-0.2, -0.15) is 0 Å². The Hall–Kier alpha value is -2.82. The molecule has 0 aliphatic carbocycles. The van der Waals surface area contributed by atoms with Gasteiger partial charge in [0, 0.05) is 40.0 Å². The van der Waals surface area contributed by atoms with Gasteiger partial charge in [0.2, 0.25) is 0 Å². The smallest absolute Gasteiger partial charge is 0.141 e. The van der Waals surface area contributed by atoms with E-state index in [1.54, 1.807) is 12.5 Å². The molecule has 0 saturated carbocycles. The largest absolute Gasteiger partial charge is 0.472 e. The minimum absolute atomic E-state index is 0.800. The molecule has 0 aromatic carbocycles. The Labute approximate surface area is 120 Å². The second-order valence-electron chi connectivity index (χ2n) is 5.03. The molecule has 0 atom stereocenters. The quantitative estimate of drug-likeness (QED) is 0.600. The van der Waals surface area contributed by atoms with Crippen molar-refractivity contribution in [2.75, 3.05) is 0 Å². The van der Waals surface area contributed by atoms with Crippen LogP contribution in [0.2, 0.25) is 0 Å². The fourth-order valence-corrected chi connectivity index (χ4v) is 2.69. The molecule has 4 rings (SSSR count). The van der Waals surface area contributed by atoms with Gasteiger partial charge in [0.1, 0.15) is 11.4 Å². The molecule has 4 aromatic rings. The summed E-state index contributed by atoms with van der Waals surface area (Å²) in [6, 6.07) is 4.04. The van der Waals surface area contributed by atoms with Gasteiger partial charge in [0.15, 0.2) is 0 Å². The van der Waals surface area contributed by atoms with E-state index < -0.39 is 0 Å². The first-order valence-corrected chi connectivity index (χ1v) is 6.67. The Bertz CT molecular complexity index is 897. The third kappa shape index (κ3) is 1.78. The summed E-state index contributed by atoms with van der Waals surface area (Å²) < 4.78 is 10.4. The van der Waals surface area contributed by atoms with Crippen LogP contribution in [0.1, 0.15) is 11.5 Å². The Morgan fingerprint density at radius 1 is 1.19 bits per heavy atom. The van der Waals surface area contributed by atoms with Gasteiger partial charge in [-0.1, -0.05) is 5.16 Å². The summed E-state index contributed by atoms with van der Waals surface area (Å²) in [5.41, 5.74) is 5.82. The zero-order valence-electron chi connectivity index (χ0n) is 11.7. The van der Waals surface area contributed by atoms with E-state index in [-0.39, 0.29) is 0 Å². The minimum Gasteiger partial charge on any atom is -0.472 e. The van der Waals surface area contributed by atoms with Gasteiger partial charge >= 0.3 is 0 Å². The average Bonchev–Trinajstić information content (AvgIpc) is 3.18. The molecule has 104 valence electrons. The van der Waals surface area contributed by atoms with Crippen LogP contribution in [0.15, 0.2) is 46.0 Å². The average molecular weight is 279 g/mol. The molecule has 1 N–H and O–H groups in total. The molecule has 0 spiro atoms. The molecule has 0 saturated heterocycles. The van der Waals surface area contributed by atoms with E-state index in [2.05, 4.69) is 21.2 Å². The number of fused-ring (bicyclic) bond motifs is 1. The fraction of sp³-hybridized carbons (Fsp3) is 0.125. The molecule has 0 fully saturated rings. The number of hydrogen-bond acceptors (Lipinski definition) is 4. The number of furan rings is 1. The summed E-state index contributed by atoms with van der Waals surface area (Å²) in [7, 11) is 0. The molecule has 4 aromatic heterocycles. The number of nitrogens with one attached hydrogen (secondary N) is 1. The molecule has 0 amide bonds.